The zero-order chi connectivity index (χ0) is 16.9. The lowest BCUT2D eigenvalue weighted by Gasteiger charge is -2.31. The van der Waals surface area contributed by atoms with E-state index >= 15 is 0 Å². The number of hydrogen-bond acceptors (Lipinski definition) is 5. The minimum Gasteiger partial charge on any atom is -0.339 e. The van der Waals surface area contributed by atoms with Crippen LogP contribution in [0.25, 0.3) is 0 Å². The molecule has 0 unspecified atom stereocenters. The van der Waals surface area contributed by atoms with Crippen LogP contribution in [0.5, 0.6) is 0 Å². The van der Waals surface area contributed by atoms with Gasteiger partial charge in [-0.05, 0) is 37.7 Å². The number of hydrogen-bond donors (Lipinski definition) is 1. The van der Waals surface area contributed by atoms with Crippen LogP contribution >= 0.6 is 11.8 Å². The molecule has 1 aromatic carbocycles. The molecule has 1 atom stereocenters. The number of thioether (sulfide) groups is 1. The Balaban J connectivity index is 1.66. The summed E-state index contributed by atoms with van der Waals surface area (Å²) in [6.45, 7) is 5.27. The number of urea groups is 1. The number of anilines is 1. The van der Waals surface area contributed by atoms with Gasteiger partial charge in [0.2, 0.25) is 5.89 Å². The largest absolute Gasteiger partial charge is 0.339 e. The standard InChI is InChI=1S/C17H22N4O2S/c1-3-24-15-9-5-4-8-14(15)19-17(22)21-10-6-7-13(11-21)16-18-12(2)20-23-16/h4-5,8-9,13H,3,6-7,10-11H2,1-2H3,(H,19,22)/t13-/m1/s1. The van der Waals surface area contributed by atoms with Crippen molar-refractivity contribution in [2.24, 2.45) is 0 Å². The van der Waals surface area contributed by atoms with E-state index in [1.54, 1.807) is 11.8 Å². The first-order valence-electron chi connectivity index (χ1n) is 8.25. The Bertz CT molecular complexity index is 703. The van der Waals surface area contributed by atoms with E-state index in [0.717, 1.165) is 35.7 Å². The van der Waals surface area contributed by atoms with E-state index in [-0.39, 0.29) is 11.9 Å². The minimum atomic E-state index is -0.0694. The molecule has 128 valence electrons. The summed E-state index contributed by atoms with van der Waals surface area (Å²) in [5.41, 5.74) is 0.866. The number of para-hydroxylation sites is 1. The number of nitrogens with one attached hydrogen (secondary N) is 1. The second kappa shape index (κ2) is 7.70. The second-order valence-corrected chi connectivity index (χ2v) is 7.13. The number of amides is 2. The summed E-state index contributed by atoms with van der Waals surface area (Å²) in [5.74, 6) is 2.35. The molecule has 2 aromatic rings. The molecule has 2 heterocycles. The molecule has 1 N–H and O–H groups in total. The number of aryl methyl sites for hydroxylation is 1. The van der Waals surface area contributed by atoms with Crippen LogP contribution in [0.15, 0.2) is 33.7 Å². The maximum Gasteiger partial charge on any atom is 0.321 e. The highest BCUT2D eigenvalue weighted by Gasteiger charge is 2.28. The van der Waals surface area contributed by atoms with Crippen molar-refractivity contribution in [1.29, 1.82) is 0 Å². The normalized spacial score (nSPS) is 17.8. The maximum atomic E-state index is 12.6. The second-order valence-electron chi connectivity index (χ2n) is 5.82. The molecule has 0 aliphatic carbocycles. The van der Waals surface area contributed by atoms with Gasteiger partial charge < -0.3 is 14.7 Å². The van der Waals surface area contributed by atoms with Gasteiger partial charge in [0.05, 0.1) is 11.6 Å². The van der Waals surface area contributed by atoms with E-state index in [1.807, 2.05) is 36.1 Å². The third-order valence-corrected chi connectivity index (χ3v) is 4.99. The van der Waals surface area contributed by atoms with Crippen molar-refractivity contribution in [1.82, 2.24) is 15.0 Å². The van der Waals surface area contributed by atoms with E-state index in [0.29, 0.717) is 18.3 Å². The molecule has 1 aliphatic rings. The Morgan fingerprint density at radius 1 is 1.46 bits per heavy atom. The summed E-state index contributed by atoms with van der Waals surface area (Å²) in [7, 11) is 0. The summed E-state index contributed by atoms with van der Waals surface area (Å²) in [6, 6.07) is 7.83. The zero-order valence-electron chi connectivity index (χ0n) is 14.0. The first kappa shape index (κ1) is 16.8. The fourth-order valence-electron chi connectivity index (χ4n) is 2.89. The van der Waals surface area contributed by atoms with Crippen LogP contribution in [0.2, 0.25) is 0 Å². The fourth-order valence-corrected chi connectivity index (χ4v) is 3.65. The summed E-state index contributed by atoms with van der Waals surface area (Å²) >= 11 is 1.72. The summed E-state index contributed by atoms with van der Waals surface area (Å²) < 4.78 is 5.28. The summed E-state index contributed by atoms with van der Waals surface area (Å²) in [4.78, 5) is 19.9. The number of nitrogens with zero attached hydrogens (tertiary/aromatic N) is 3. The molecule has 1 saturated heterocycles. The van der Waals surface area contributed by atoms with Crippen LogP contribution in [0, 0.1) is 6.92 Å². The molecule has 1 aliphatic heterocycles. The lowest BCUT2D eigenvalue weighted by Crippen LogP contribution is -2.41. The van der Waals surface area contributed by atoms with E-state index < -0.39 is 0 Å². The van der Waals surface area contributed by atoms with Gasteiger partial charge in [-0.15, -0.1) is 11.8 Å². The number of aromatic nitrogens is 2. The molecule has 2 amide bonds. The minimum absolute atomic E-state index is 0.0694. The van der Waals surface area contributed by atoms with E-state index in [4.69, 9.17) is 4.52 Å². The molecular weight excluding hydrogens is 324 g/mol. The van der Waals surface area contributed by atoms with Gasteiger partial charge in [0.1, 0.15) is 0 Å². The van der Waals surface area contributed by atoms with E-state index in [2.05, 4.69) is 22.4 Å². The van der Waals surface area contributed by atoms with Gasteiger partial charge in [0, 0.05) is 18.0 Å². The average Bonchev–Trinajstić information content (AvgIpc) is 3.03. The highest BCUT2D eigenvalue weighted by molar-refractivity contribution is 7.99. The number of benzene rings is 1. The molecule has 0 spiro atoms. The summed E-state index contributed by atoms with van der Waals surface area (Å²) in [6.07, 6.45) is 1.90. The van der Waals surface area contributed by atoms with Gasteiger partial charge in [-0.3, -0.25) is 0 Å². The lowest BCUT2D eigenvalue weighted by atomic mass is 9.98. The van der Waals surface area contributed by atoms with Crippen LogP contribution in [0.1, 0.15) is 37.4 Å². The van der Waals surface area contributed by atoms with Crippen molar-refractivity contribution in [2.75, 3.05) is 24.2 Å². The average molecular weight is 346 g/mol. The Labute approximate surface area is 146 Å². The smallest absolute Gasteiger partial charge is 0.321 e. The lowest BCUT2D eigenvalue weighted by molar-refractivity contribution is 0.184. The molecular formula is C17H22N4O2S. The highest BCUT2D eigenvalue weighted by atomic mass is 32.2. The van der Waals surface area contributed by atoms with Crippen molar-refractivity contribution >= 4 is 23.5 Å². The quantitative estimate of drug-likeness (QED) is 0.850. The van der Waals surface area contributed by atoms with Gasteiger partial charge in [0.15, 0.2) is 5.82 Å². The summed E-state index contributed by atoms with van der Waals surface area (Å²) in [5, 5.41) is 6.90. The number of carbonyl (C=O) groups excluding carboxylic acids is 1. The van der Waals surface area contributed by atoms with Crippen LogP contribution < -0.4 is 5.32 Å². The predicted molar refractivity (Wildman–Crippen MR) is 94.4 cm³/mol. The van der Waals surface area contributed by atoms with Crippen molar-refractivity contribution < 1.29 is 9.32 Å². The first-order valence-corrected chi connectivity index (χ1v) is 9.24. The molecule has 6 nitrogen and oxygen atoms in total. The number of rotatable bonds is 4. The number of carbonyl (C=O) groups is 1. The third-order valence-electron chi connectivity index (χ3n) is 4.03. The van der Waals surface area contributed by atoms with Crippen molar-refractivity contribution in [3.63, 3.8) is 0 Å². The first-order chi connectivity index (χ1) is 11.7. The predicted octanol–water partition coefficient (Wildman–Crippen LogP) is 3.90. The van der Waals surface area contributed by atoms with Gasteiger partial charge in [-0.1, -0.05) is 24.2 Å². The maximum absolute atomic E-state index is 12.6. The van der Waals surface area contributed by atoms with E-state index in [1.165, 1.54) is 0 Å². The molecule has 0 saturated carbocycles. The van der Waals surface area contributed by atoms with Crippen LogP contribution in [-0.2, 0) is 0 Å². The van der Waals surface area contributed by atoms with Crippen LogP contribution in [0.3, 0.4) is 0 Å². The third kappa shape index (κ3) is 3.90. The Morgan fingerprint density at radius 2 is 2.29 bits per heavy atom. The Hall–Kier alpha value is -2.02. The van der Waals surface area contributed by atoms with Crippen LogP contribution in [-0.4, -0.2) is 39.9 Å². The SMILES string of the molecule is CCSc1ccccc1NC(=O)N1CCC[C@@H](c2nc(C)no2)C1. The molecule has 0 radical (unpaired) electrons. The van der Waals surface area contributed by atoms with E-state index in [9.17, 15) is 4.79 Å². The van der Waals surface area contributed by atoms with Crippen molar-refractivity contribution in [2.45, 2.75) is 37.5 Å². The molecule has 1 fully saturated rings. The Kier molecular flexibility index (Phi) is 5.40. The topological polar surface area (TPSA) is 71.3 Å². The van der Waals surface area contributed by atoms with Crippen molar-refractivity contribution in [3.8, 4) is 0 Å². The molecule has 3 rings (SSSR count). The van der Waals surface area contributed by atoms with Crippen LogP contribution in [0.4, 0.5) is 10.5 Å². The van der Waals surface area contributed by atoms with Crippen molar-refractivity contribution in [3.05, 3.63) is 36.0 Å². The molecule has 1 aromatic heterocycles. The molecule has 24 heavy (non-hydrogen) atoms. The van der Waals surface area contributed by atoms with Gasteiger partial charge in [0.25, 0.3) is 0 Å². The monoisotopic (exact) mass is 346 g/mol. The van der Waals surface area contributed by atoms with Gasteiger partial charge >= 0.3 is 6.03 Å². The number of piperidine rings is 1. The molecule has 0 bridgehead atoms. The number of likely N-dealkylation sites (tertiary alicyclic amines) is 1. The Morgan fingerprint density at radius 3 is 3.04 bits per heavy atom. The molecule has 7 heteroatoms. The zero-order valence-corrected chi connectivity index (χ0v) is 14.8. The van der Waals surface area contributed by atoms with Gasteiger partial charge in [-0.25, -0.2) is 4.79 Å². The van der Waals surface area contributed by atoms with Gasteiger partial charge in [-0.2, -0.15) is 4.98 Å². The fraction of sp³-hybridized carbons (Fsp3) is 0.471. The highest BCUT2D eigenvalue weighted by Crippen LogP contribution is 2.29.